The van der Waals surface area contributed by atoms with Crippen molar-refractivity contribution < 1.29 is 29.3 Å². The van der Waals surface area contributed by atoms with Crippen molar-refractivity contribution in [3.8, 4) is 6.07 Å². The number of hydrogen-bond acceptors (Lipinski definition) is 9. The number of esters is 1. The van der Waals surface area contributed by atoms with E-state index in [2.05, 4.69) is 15.4 Å². The van der Waals surface area contributed by atoms with Gasteiger partial charge in [0.15, 0.2) is 5.82 Å². The van der Waals surface area contributed by atoms with Crippen LogP contribution in [0.1, 0.15) is 52.1 Å². The van der Waals surface area contributed by atoms with Gasteiger partial charge in [0.25, 0.3) is 0 Å². The van der Waals surface area contributed by atoms with Crippen LogP contribution in [0.25, 0.3) is 5.52 Å². The molecular weight excluding hydrogens is 430 g/mol. The molecule has 0 bridgehead atoms. The number of fused-ring (bicyclic) bond motifs is 1. The molecule has 4 atom stereocenters. The molecule has 3 N–H and O–H groups in total. The van der Waals surface area contributed by atoms with Gasteiger partial charge in [-0.2, -0.15) is 10.4 Å². The smallest absolute Gasteiger partial charge is 0.306 e. The maximum atomic E-state index is 12.2. The molecule has 2 aromatic heterocycles. The lowest BCUT2D eigenvalue weighted by molar-refractivity contribution is -0.151. The minimum atomic E-state index is -1.97. The van der Waals surface area contributed by atoms with Gasteiger partial charge in [0, 0.05) is 12.8 Å². The quantitative estimate of drug-likeness (QED) is 0.470. The lowest BCUT2D eigenvalue weighted by Gasteiger charge is -2.24. The Morgan fingerprint density at radius 1 is 1.39 bits per heavy atom. The number of aliphatic hydroxyl groups is 2. The summed E-state index contributed by atoms with van der Waals surface area (Å²) in [6.45, 7) is 5.40. The van der Waals surface area contributed by atoms with Gasteiger partial charge < -0.3 is 25.0 Å². The van der Waals surface area contributed by atoms with Gasteiger partial charge in [-0.3, -0.25) is 9.59 Å². The first kappa shape index (κ1) is 24.6. The largest absolute Gasteiger partial charge is 0.463 e. The van der Waals surface area contributed by atoms with Gasteiger partial charge in [0.1, 0.15) is 42.8 Å². The number of anilines is 1. The lowest BCUT2D eigenvalue weighted by atomic mass is 9.92. The van der Waals surface area contributed by atoms with E-state index in [4.69, 9.17) is 9.47 Å². The molecule has 11 nitrogen and oxygen atoms in total. The molecule has 0 spiro atoms. The summed E-state index contributed by atoms with van der Waals surface area (Å²) in [5.74, 6) is -0.322. The van der Waals surface area contributed by atoms with Crippen molar-refractivity contribution in [3.05, 3.63) is 24.2 Å². The Kier molecular flexibility index (Phi) is 7.63. The standard InChI is InChI=1S/C22H29N5O6/c1-4-5-6-17(28)26-21-14-7-8-16(27(14)25-12-24-21)22(11-23)20(31)19(30)15(33-22)10-32-18(29)9-13(2)3/h7-8,12-13,15,19-20,30-31H,4-6,9-10H2,1-3H3,(H,24,25,26,28)/t15-,19-,20-,22?/m1/s1. The zero-order valence-corrected chi connectivity index (χ0v) is 18.9. The molecule has 1 aliphatic heterocycles. The molecule has 2 aromatic rings. The van der Waals surface area contributed by atoms with Gasteiger partial charge in [-0.25, -0.2) is 9.50 Å². The molecule has 178 valence electrons. The van der Waals surface area contributed by atoms with Crippen LogP contribution in [0.5, 0.6) is 0 Å². The van der Waals surface area contributed by atoms with E-state index in [0.717, 1.165) is 12.8 Å². The van der Waals surface area contributed by atoms with E-state index in [1.54, 1.807) is 6.07 Å². The van der Waals surface area contributed by atoms with E-state index in [-0.39, 0.29) is 36.4 Å². The number of nitrogens with zero attached hydrogens (tertiary/aromatic N) is 4. The number of aromatic nitrogens is 3. The van der Waals surface area contributed by atoms with Gasteiger partial charge in [-0.05, 0) is 24.5 Å². The average molecular weight is 460 g/mol. The van der Waals surface area contributed by atoms with Gasteiger partial charge >= 0.3 is 5.97 Å². The van der Waals surface area contributed by atoms with E-state index in [9.17, 15) is 25.1 Å². The Balaban J connectivity index is 1.87. The predicted octanol–water partition coefficient (Wildman–Crippen LogP) is 1.29. The van der Waals surface area contributed by atoms with Gasteiger partial charge in [0.05, 0.1) is 5.69 Å². The third-order valence-corrected chi connectivity index (χ3v) is 5.46. The fourth-order valence-electron chi connectivity index (χ4n) is 3.73. The van der Waals surface area contributed by atoms with Crippen LogP contribution in [-0.4, -0.2) is 61.6 Å². The molecule has 1 saturated heterocycles. The second-order valence-corrected chi connectivity index (χ2v) is 8.50. The van der Waals surface area contributed by atoms with E-state index in [0.29, 0.717) is 11.9 Å². The number of nitrogens with one attached hydrogen (secondary N) is 1. The van der Waals surface area contributed by atoms with E-state index < -0.39 is 29.9 Å². The van der Waals surface area contributed by atoms with Gasteiger partial charge in [0.2, 0.25) is 11.5 Å². The number of unbranched alkanes of at least 4 members (excludes halogenated alkanes) is 1. The number of amides is 1. The number of rotatable bonds is 9. The third kappa shape index (κ3) is 4.98. The first-order valence-corrected chi connectivity index (χ1v) is 11.0. The van der Waals surface area contributed by atoms with Crippen molar-refractivity contribution in [2.75, 3.05) is 11.9 Å². The summed E-state index contributed by atoms with van der Waals surface area (Å²) in [5.41, 5.74) is -1.43. The molecular formula is C22H29N5O6. The summed E-state index contributed by atoms with van der Waals surface area (Å²) in [4.78, 5) is 28.1. The van der Waals surface area contributed by atoms with Crippen LogP contribution in [0.3, 0.4) is 0 Å². The summed E-state index contributed by atoms with van der Waals surface area (Å²) < 4.78 is 12.3. The summed E-state index contributed by atoms with van der Waals surface area (Å²) in [5, 5.41) is 38.2. The van der Waals surface area contributed by atoms with Crippen molar-refractivity contribution in [2.45, 2.75) is 70.4 Å². The van der Waals surface area contributed by atoms with E-state index >= 15 is 0 Å². The lowest BCUT2D eigenvalue weighted by Crippen LogP contribution is -2.41. The maximum Gasteiger partial charge on any atom is 0.306 e. The maximum absolute atomic E-state index is 12.2. The summed E-state index contributed by atoms with van der Waals surface area (Å²) in [6, 6.07) is 5.05. The summed E-state index contributed by atoms with van der Waals surface area (Å²) in [6.07, 6.45) is -0.869. The first-order valence-electron chi connectivity index (χ1n) is 11.0. The zero-order valence-electron chi connectivity index (χ0n) is 18.9. The number of ether oxygens (including phenoxy) is 2. The van der Waals surface area contributed by atoms with Crippen LogP contribution >= 0.6 is 0 Å². The second kappa shape index (κ2) is 10.2. The Morgan fingerprint density at radius 3 is 2.82 bits per heavy atom. The Labute approximate surface area is 191 Å². The molecule has 1 unspecified atom stereocenters. The number of aliphatic hydroxyl groups excluding tert-OH is 2. The Morgan fingerprint density at radius 2 is 2.15 bits per heavy atom. The molecule has 11 heteroatoms. The molecule has 0 aromatic carbocycles. The number of nitriles is 1. The number of carbonyl (C=O) groups excluding carboxylic acids is 2. The van der Waals surface area contributed by atoms with Gasteiger partial charge in [-0.1, -0.05) is 27.2 Å². The molecule has 0 saturated carbocycles. The van der Waals surface area contributed by atoms with Crippen LogP contribution in [0.2, 0.25) is 0 Å². The fourth-order valence-corrected chi connectivity index (χ4v) is 3.73. The molecule has 1 amide bonds. The Bertz CT molecular complexity index is 1050. The van der Waals surface area contributed by atoms with Crippen molar-refractivity contribution in [2.24, 2.45) is 5.92 Å². The molecule has 0 radical (unpaired) electrons. The molecule has 1 aliphatic rings. The SMILES string of the molecule is CCCCC(=O)Nc1ncnn2c(C3(C#N)O[C@H](COC(=O)CC(C)C)[C@@H](O)[C@H]3O)ccc12. The highest BCUT2D eigenvalue weighted by atomic mass is 16.6. The molecule has 3 rings (SSSR count). The highest BCUT2D eigenvalue weighted by molar-refractivity contribution is 5.93. The van der Waals surface area contributed by atoms with Crippen LogP contribution in [0.15, 0.2) is 18.5 Å². The van der Waals surface area contributed by atoms with Crippen LogP contribution < -0.4 is 5.32 Å². The molecule has 0 aliphatic carbocycles. The predicted molar refractivity (Wildman–Crippen MR) is 116 cm³/mol. The van der Waals surface area contributed by atoms with Crippen LogP contribution in [0.4, 0.5) is 5.82 Å². The van der Waals surface area contributed by atoms with E-state index in [1.165, 1.54) is 16.9 Å². The fraction of sp³-hybridized carbons (Fsp3) is 0.591. The van der Waals surface area contributed by atoms with Crippen molar-refractivity contribution in [1.29, 1.82) is 5.26 Å². The summed E-state index contributed by atoms with van der Waals surface area (Å²) in [7, 11) is 0. The van der Waals surface area contributed by atoms with Crippen molar-refractivity contribution in [3.63, 3.8) is 0 Å². The van der Waals surface area contributed by atoms with Gasteiger partial charge in [-0.15, -0.1) is 0 Å². The minimum Gasteiger partial charge on any atom is -0.463 e. The van der Waals surface area contributed by atoms with E-state index in [1.807, 2.05) is 26.8 Å². The first-order chi connectivity index (χ1) is 15.7. The molecule has 1 fully saturated rings. The summed E-state index contributed by atoms with van der Waals surface area (Å²) >= 11 is 0. The third-order valence-electron chi connectivity index (χ3n) is 5.46. The van der Waals surface area contributed by atoms with Crippen molar-refractivity contribution in [1.82, 2.24) is 14.6 Å². The highest BCUT2D eigenvalue weighted by Crippen LogP contribution is 2.40. The zero-order chi connectivity index (χ0) is 24.2. The number of carbonyl (C=O) groups is 2. The Hall–Kier alpha value is -3.07. The topological polar surface area (TPSA) is 159 Å². The normalized spacial score (nSPS) is 24.7. The number of hydrogen-bond donors (Lipinski definition) is 3. The molecule has 3 heterocycles. The van der Waals surface area contributed by atoms with Crippen molar-refractivity contribution >= 4 is 23.2 Å². The molecule has 33 heavy (non-hydrogen) atoms. The average Bonchev–Trinajstić information content (AvgIpc) is 3.32. The second-order valence-electron chi connectivity index (χ2n) is 8.50. The monoisotopic (exact) mass is 459 g/mol. The minimum absolute atomic E-state index is 0.0964. The highest BCUT2D eigenvalue weighted by Gasteiger charge is 2.57. The van der Waals surface area contributed by atoms with Crippen LogP contribution in [-0.2, 0) is 24.7 Å². The van der Waals surface area contributed by atoms with Crippen LogP contribution in [0, 0.1) is 17.2 Å².